The molecule has 0 amide bonds. The predicted molar refractivity (Wildman–Crippen MR) is 61.7 cm³/mol. The first-order chi connectivity index (χ1) is 6.88. The third kappa shape index (κ3) is 2.31. The van der Waals surface area contributed by atoms with Gasteiger partial charge in [-0.1, -0.05) is 6.07 Å². The van der Waals surface area contributed by atoms with Crippen LogP contribution in [0.3, 0.4) is 0 Å². The van der Waals surface area contributed by atoms with Gasteiger partial charge in [0.1, 0.15) is 0 Å². The molecular formula is C9H11N3S2. The van der Waals surface area contributed by atoms with E-state index in [1.165, 1.54) is 4.88 Å². The molecule has 0 fully saturated rings. The van der Waals surface area contributed by atoms with Crippen LogP contribution in [0.5, 0.6) is 0 Å². The van der Waals surface area contributed by atoms with E-state index in [2.05, 4.69) is 27.8 Å². The number of thiophene rings is 1. The highest BCUT2D eigenvalue weighted by atomic mass is 32.1. The summed E-state index contributed by atoms with van der Waals surface area (Å²) in [7, 11) is 0. The molecule has 0 bridgehead atoms. The van der Waals surface area contributed by atoms with E-state index in [-0.39, 0.29) is 0 Å². The average molecular weight is 225 g/mol. The molecule has 0 saturated carbocycles. The van der Waals surface area contributed by atoms with Crippen molar-refractivity contribution in [3.05, 3.63) is 33.5 Å². The average Bonchev–Trinajstić information content (AvgIpc) is 2.86. The van der Waals surface area contributed by atoms with Gasteiger partial charge in [0.2, 0.25) is 0 Å². The van der Waals surface area contributed by atoms with Crippen molar-refractivity contribution in [3.63, 3.8) is 0 Å². The van der Waals surface area contributed by atoms with Crippen LogP contribution in [0.4, 0.5) is 5.13 Å². The Morgan fingerprint density at radius 2 is 2.36 bits per heavy atom. The first-order valence-electron chi connectivity index (χ1n) is 4.29. The number of nitrogens with two attached hydrogens (primary N) is 1. The molecule has 74 valence electrons. The Balaban J connectivity index is 1.92. The van der Waals surface area contributed by atoms with Crippen LogP contribution in [0.1, 0.15) is 9.75 Å². The zero-order valence-corrected chi connectivity index (χ0v) is 9.20. The van der Waals surface area contributed by atoms with Crippen molar-refractivity contribution in [1.82, 2.24) is 4.98 Å². The number of thiazole rings is 1. The summed E-state index contributed by atoms with van der Waals surface area (Å²) in [4.78, 5) is 6.64. The minimum Gasteiger partial charge on any atom is -0.357 e. The molecule has 0 saturated heterocycles. The Bertz CT molecular complexity index is 380. The summed E-state index contributed by atoms with van der Waals surface area (Å²) < 4.78 is 0. The van der Waals surface area contributed by atoms with E-state index in [9.17, 15) is 0 Å². The summed E-state index contributed by atoms with van der Waals surface area (Å²) >= 11 is 3.36. The lowest BCUT2D eigenvalue weighted by molar-refractivity contribution is 1.09. The fourth-order valence-electron chi connectivity index (χ4n) is 1.06. The molecule has 14 heavy (non-hydrogen) atoms. The highest BCUT2D eigenvalue weighted by Crippen LogP contribution is 2.19. The molecule has 0 spiro atoms. The first-order valence-corrected chi connectivity index (χ1v) is 5.99. The molecule has 2 heterocycles. The SMILES string of the molecule is NCc1cnc(NCc2cccs2)s1. The van der Waals surface area contributed by atoms with Crippen LogP contribution >= 0.6 is 22.7 Å². The van der Waals surface area contributed by atoms with E-state index in [4.69, 9.17) is 5.73 Å². The number of nitrogens with zero attached hydrogens (tertiary/aromatic N) is 1. The van der Waals surface area contributed by atoms with Gasteiger partial charge >= 0.3 is 0 Å². The normalized spacial score (nSPS) is 10.4. The molecule has 2 aromatic heterocycles. The van der Waals surface area contributed by atoms with Crippen molar-refractivity contribution in [2.24, 2.45) is 5.73 Å². The quantitative estimate of drug-likeness (QED) is 0.839. The molecule has 0 aliphatic heterocycles. The van der Waals surface area contributed by atoms with Crippen LogP contribution in [0.15, 0.2) is 23.7 Å². The number of aromatic nitrogens is 1. The lowest BCUT2D eigenvalue weighted by Gasteiger charge is -1.98. The van der Waals surface area contributed by atoms with Crippen LogP contribution in [0, 0.1) is 0 Å². The second-order valence-electron chi connectivity index (χ2n) is 2.77. The second kappa shape index (κ2) is 4.54. The minimum absolute atomic E-state index is 0.568. The van der Waals surface area contributed by atoms with Crippen LogP contribution < -0.4 is 11.1 Å². The van der Waals surface area contributed by atoms with Crippen molar-refractivity contribution in [2.45, 2.75) is 13.1 Å². The lowest BCUT2D eigenvalue weighted by Crippen LogP contribution is -1.95. The molecule has 3 N–H and O–H groups in total. The number of nitrogens with one attached hydrogen (secondary N) is 1. The number of anilines is 1. The summed E-state index contributed by atoms with van der Waals surface area (Å²) in [6.07, 6.45) is 1.82. The lowest BCUT2D eigenvalue weighted by atomic mass is 10.5. The summed E-state index contributed by atoms with van der Waals surface area (Å²) in [6, 6.07) is 4.16. The van der Waals surface area contributed by atoms with Gasteiger partial charge in [0.25, 0.3) is 0 Å². The zero-order chi connectivity index (χ0) is 9.80. The van der Waals surface area contributed by atoms with Gasteiger partial charge in [0.15, 0.2) is 5.13 Å². The third-order valence-corrected chi connectivity index (χ3v) is 3.60. The summed E-state index contributed by atoms with van der Waals surface area (Å²) in [5.41, 5.74) is 5.50. The predicted octanol–water partition coefficient (Wildman–Crippen LogP) is 2.28. The number of rotatable bonds is 4. The Morgan fingerprint density at radius 3 is 3.00 bits per heavy atom. The van der Waals surface area contributed by atoms with E-state index in [0.717, 1.165) is 16.6 Å². The van der Waals surface area contributed by atoms with Gasteiger partial charge in [-0.15, -0.1) is 22.7 Å². The summed E-state index contributed by atoms with van der Waals surface area (Å²) in [5, 5.41) is 6.28. The third-order valence-electron chi connectivity index (χ3n) is 1.75. The maximum Gasteiger partial charge on any atom is 0.183 e. The van der Waals surface area contributed by atoms with Crippen molar-refractivity contribution < 1.29 is 0 Å². The van der Waals surface area contributed by atoms with Gasteiger partial charge in [-0.05, 0) is 11.4 Å². The maximum atomic E-state index is 5.50. The molecule has 2 aromatic rings. The van der Waals surface area contributed by atoms with E-state index < -0.39 is 0 Å². The zero-order valence-electron chi connectivity index (χ0n) is 7.56. The van der Waals surface area contributed by atoms with Gasteiger partial charge in [-0.25, -0.2) is 4.98 Å². The summed E-state index contributed by atoms with van der Waals surface area (Å²) in [6.45, 7) is 1.41. The van der Waals surface area contributed by atoms with E-state index in [1.807, 2.05) is 6.20 Å². The van der Waals surface area contributed by atoms with Crippen LogP contribution in [0.2, 0.25) is 0 Å². The van der Waals surface area contributed by atoms with E-state index >= 15 is 0 Å². The smallest absolute Gasteiger partial charge is 0.183 e. The van der Waals surface area contributed by atoms with Gasteiger partial charge in [-0.2, -0.15) is 0 Å². The van der Waals surface area contributed by atoms with Gasteiger partial charge in [0.05, 0.1) is 6.54 Å². The Kier molecular flexibility index (Phi) is 3.13. The molecule has 3 nitrogen and oxygen atoms in total. The minimum atomic E-state index is 0.568. The van der Waals surface area contributed by atoms with Gasteiger partial charge < -0.3 is 11.1 Å². The van der Waals surface area contributed by atoms with E-state index in [0.29, 0.717) is 6.54 Å². The van der Waals surface area contributed by atoms with Crippen LogP contribution in [0.25, 0.3) is 0 Å². The second-order valence-corrected chi connectivity index (χ2v) is 4.92. The summed E-state index contributed by atoms with van der Waals surface area (Å²) in [5.74, 6) is 0. The molecule has 0 atom stereocenters. The number of hydrogen-bond donors (Lipinski definition) is 2. The van der Waals surface area contributed by atoms with Crippen LogP contribution in [-0.2, 0) is 13.1 Å². The molecule has 0 aliphatic carbocycles. The molecule has 0 unspecified atom stereocenters. The first kappa shape index (κ1) is 9.64. The molecular weight excluding hydrogens is 214 g/mol. The molecule has 5 heteroatoms. The monoisotopic (exact) mass is 225 g/mol. The van der Waals surface area contributed by atoms with Crippen molar-refractivity contribution >= 4 is 27.8 Å². The van der Waals surface area contributed by atoms with Crippen molar-refractivity contribution in [3.8, 4) is 0 Å². The topological polar surface area (TPSA) is 50.9 Å². The molecule has 0 aromatic carbocycles. The standard InChI is InChI=1S/C9H11N3S2/c10-4-8-6-12-9(14-8)11-5-7-2-1-3-13-7/h1-3,6H,4-5,10H2,(H,11,12). The Morgan fingerprint density at radius 1 is 1.43 bits per heavy atom. The highest BCUT2D eigenvalue weighted by molar-refractivity contribution is 7.15. The van der Waals surface area contributed by atoms with Gasteiger partial charge in [-0.3, -0.25) is 0 Å². The highest BCUT2D eigenvalue weighted by Gasteiger charge is 1.99. The number of hydrogen-bond acceptors (Lipinski definition) is 5. The van der Waals surface area contributed by atoms with Crippen molar-refractivity contribution in [1.29, 1.82) is 0 Å². The van der Waals surface area contributed by atoms with Crippen LogP contribution in [-0.4, -0.2) is 4.98 Å². The fourth-order valence-corrected chi connectivity index (χ4v) is 2.39. The fraction of sp³-hybridized carbons (Fsp3) is 0.222. The maximum absolute atomic E-state index is 5.50. The molecule has 0 radical (unpaired) electrons. The van der Waals surface area contributed by atoms with Crippen molar-refractivity contribution in [2.75, 3.05) is 5.32 Å². The van der Waals surface area contributed by atoms with Gasteiger partial charge in [0, 0.05) is 22.5 Å². The molecule has 2 rings (SSSR count). The molecule has 0 aliphatic rings. The van der Waals surface area contributed by atoms with E-state index in [1.54, 1.807) is 22.7 Å². The Hall–Kier alpha value is -0.910. The Labute approximate surface area is 90.6 Å². The largest absolute Gasteiger partial charge is 0.357 e.